The number of alkyl halides is 2. The van der Waals surface area contributed by atoms with Gasteiger partial charge in [-0.2, -0.15) is 0 Å². The predicted octanol–water partition coefficient (Wildman–Crippen LogP) is 2.73. The minimum atomic E-state index is -3.00. The molecule has 0 aliphatic carbocycles. The van der Waals surface area contributed by atoms with Crippen molar-refractivity contribution in [3.8, 4) is 0 Å². The number of hydrogen-bond donors (Lipinski definition) is 1. The molecule has 0 aliphatic rings. The summed E-state index contributed by atoms with van der Waals surface area (Å²) in [6, 6.07) is 8.05. The second-order valence-electron chi connectivity index (χ2n) is 4.38. The van der Waals surface area contributed by atoms with Crippen LogP contribution in [0.1, 0.15) is 25.3 Å². The van der Waals surface area contributed by atoms with E-state index in [9.17, 15) is 18.7 Å². The fourth-order valence-corrected chi connectivity index (χ4v) is 2.22. The number of carbonyl (C=O) groups is 1. The van der Waals surface area contributed by atoms with Crippen molar-refractivity contribution in [1.29, 1.82) is 0 Å². The van der Waals surface area contributed by atoms with E-state index >= 15 is 0 Å². The molecule has 0 bridgehead atoms. The summed E-state index contributed by atoms with van der Waals surface area (Å²) >= 11 is 0. The largest absolute Gasteiger partial charge is 0.469 e. The molecular formula is C14H18F2O3. The Labute approximate surface area is 111 Å². The van der Waals surface area contributed by atoms with E-state index in [4.69, 9.17) is 0 Å². The normalized spacial score (nSPS) is 15.9. The zero-order valence-corrected chi connectivity index (χ0v) is 11.0. The van der Waals surface area contributed by atoms with Gasteiger partial charge in [-0.1, -0.05) is 43.7 Å². The van der Waals surface area contributed by atoms with Crippen molar-refractivity contribution in [2.24, 2.45) is 5.92 Å². The Morgan fingerprint density at radius 1 is 1.37 bits per heavy atom. The predicted molar refractivity (Wildman–Crippen MR) is 66.8 cm³/mol. The van der Waals surface area contributed by atoms with Crippen LogP contribution in [0.4, 0.5) is 8.78 Å². The van der Waals surface area contributed by atoms with Gasteiger partial charge in [0.1, 0.15) is 5.60 Å². The van der Waals surface area contributed by atoms with Crippen molar-refractivity contribution < 1.29 is 23.4 Å². The number of aliphatic hydroxyl groups is 1. The maximum Gasteiger partial charge on any atom is 0.317 e. The maximum absolute atomic E-state index is 13.2. The number of carbonyl (C=O) groups excluding carboxylic acids is 1. The van der Waals surface area contributed by atoms with Crippen molar-refractivity contribution in [1.82, 2.24) is 0 Å². The highest BCUT2D eigenvalue weighted by atomic mass is 19.3. The van der Waals surface area contributed by atoms with E-state index in [1.54, 1.807) is 25.1 Å². The first-order valence-corrected chi connectivity index (χ1v) is 6.11. The van der Waals surface area contributed by atoms with Crippen LogP contribution in [-0.4, -0.2) is 24.6 Å². The molecule has 0 aliphatic heterocycles. The Morgan fingerprint density at radius 2 is 1.95 bits per heavy atom. The van der Waals surface area contributed by atoms with Crippen LogP contribution in [0.15, 0.2) is 30.3 Å². The van der Waals surface area contributed by atoms with E-state index in [0.717, 1.165) is 7.11 Å². The van der Waals surface area contributed by atoms with Crippen molar-refractivity contribution in [3.63, 3.8) is 0 Å². The molecule has 1 N–H and O–H groups in total. The lowest BCUT2D eigenvalue weighted by Crippen LogP contribution is -2.44. The zero-order valence-electron chi connectivity index (χ0n) is 11.0. The van der Waals surface area contributed by atoms with Gasteiger partial charge in [-0.15, -0.1) is 0 Å². The fraction of sp³-hybridized carbons (Fsp3) is 0.500. The number of ether oxygens (including phenoxy) is 1. The molecule has 0 heterocycles. The van der Waals surface area contributed by atoms with Gasteiger partial charge in [0, 0.05) is 0 Å². The van der Waals surface area contributed by atoms with Crippen LogP contribution in [0.25, 0.3) is 0 Å². The lowest BCUT2D eigenvalue weighted by molar-refractivity contribution is -0.170. The van der Waals surface area contributed by atoms with E-state index in [-0.39, 0.29) is 6.42 Å². The number of rotatable bonds is 6. The molecule has 0 amide bonds. The van der Waals surface area contributed by atoms with E-state index in [1.807, 2.05) is 0 Å². The number of methoxy groups -OCH3 is 1. The third-order valence-corrected chi connectivity index (χ3v) is 3.13. The van der Waals surface area contributed by atoms with Crippen LogP contribution in [0.3, 0.4) is 0 Å². The van der Waals surface area contributed by atoms with Crippen molar-refractivity contribution in [2.45, 2.75) is 31.8 Å². The van der Waals surface area contributed by atoms with Gasteiger partial charge >= 0.3 is 5.97 Å². The molecule has 106 valence electrons. The zero-order chi connectivity index (χ0) is 14.5. The standard InChI is InChI=1S/C14H18F2O3/c1-3-9-14(18,10-7-5-4-6-8-10)11(12(15)16)13(17)19-2/h4-8,11-12,18H,3,9H2,1-2H3. The van der Waals surface area contributed by atoms with Crippen LogP contribution >= 0.6 is 0 Å². The Morgan fingerprint density at radius 3 is 2.37 bits per heavy atom. The highest BCUT2D eigenvalue weighted by molar-refractivity contribution is 5.74. The fourth-order valence-electron chi connectivity index (χ4n) is 2.22. The number of halogens is 2. The quantitative estimate of drug-likeness (QED) is 0.810. The monoisotopic (exact) mass is 272 g/mol. The molecule has 19 heavy (non-hydrogen) atoms. The summed E-state index contributed by atoms with van der Waals surface area (Å²) in [5.74, 6) is -2.99. The van der Waals surface area contributed by atoms with Gasteiger partial charge in [0.15, 0.2) is 5.92 Å². The van der Waals surface area contributed by atoms with Gasteiger partial charge in [-0.25, -0.2) is 8.78 Å². The van der Waals surface area contributed by atoms with Crippen LogP contribution in [0, 0.1) is 5.92 Å². The number of esters is 1. The van der Waals surface area contributed by atoms with Crippen molar-refractivity contribution in [2.75, 3.05) is 7.11 Å². The molecule has 2 unspecified atom stereocenters. The molecule has 0 saturated carbocycles. The second-order valence-corrected chi connectivity index (χ2v) is 4.38. The molecular weight excluding hydrogens is 254 g/mol. The van der Waals surface area contributed by atoms with Crippen molar-refractivity contribution >= 4 is 5.97 Å². The topological polar surface area (TPSA) is 46.5 Å². The first-order chi connectivity index (χ1) is 8.97. The summed E-state index contributed by atoms with van der Waals surface area (Å²) < 4.78 is 30.8. The minimum absolute atomic E-state index is 0.0567. The number of hydrogen-bond acceptors (Lipinski definition) is 3. The average Bonchev–Trinajstić information content (AvgIpc) is 2.39. The smallest absolute Gasteiger partial charge is 0.317 e. The molecule has 0 radical (unpaired) electrons. The summed E-state index contributed by atoms with van der Waals surface area (Å²) in [5, 5.41) is 10.6. The van der Waals surface area contributed by atoms with E-state index in [0.29, 0.717) is 12.0 Å². The lowest BCUT2D eigenvalue weighted by atomic mass is 9.78. The van der Waals surface area contributed by atoms with Crippen LogP contribution < -0.4 is 0 Å². The molecule has 3 nitrogen and oxygen atoms in total. The lowest BCUT2D eigenvalue weighted by Gasteiger charge is -2.34. The highest BCUT2D eigenvalue weighted by Gasteiger charge is 2.48. The average molecular weight is 272 g/mol. The first kappa shape index (κ1) is 15.6. The molecule has 5 heteroatoms. The maximum atomic E-state index is 13.2. The van der Waals surface area contributed by atoms with Crippen molar-refractivity contribution in [3.05, 3.63) is 35.9 Å². The van der Waals surface area contributed by atoms with Gasteiger partial charge in [-0.05, 0) is 12.0 Å². The van der Waals surface area contributed by atoms with Gasteiger partial charge < -0.3 is 9.84 Å². The van der Waals surface area contributed by atoms with Crippen LogP contribution in [0.5, 0.6) is 0 Å². The van der Waals surface area contributed by atoms with E-state index in [2.05, 4.69) is 4.74 Å². The summed E-state index contributed by atoms with van der Waals surface area (Å²) in [7, 11) is 1.04. The Balaban J connectivity index is 3.26. The molecule has 0 spiro atoms. The minimum Gasteiger partial charge on any atom is -0.469 e. The summed E-state index contributed by atoms with van der Waals surface area (Å²) in [5.41, 5.74) is -1.62. The first-order valence-electron chi connectivity index (χ1n) is 6.11. The third kappa shape index (κ3) is 3.29. The molecule has 0 aromatic heterocycles. The summed E-state index contributed by atoms with van der Waals surface area (Å²) in [6.45, 7) is 1.76. The summed E-state index contributed by atoms with van der Waals surface area (Å²) in [6.07, 6.45) is -2.48. The van der Waals surface area contributed by atoms with Gasteiger partial charge in [-0.3, -0.25) is 4.79 Å². The second kappa shape index (κ2) is 6.61. The molecule has 0 saturated heterocycles. The Hall–Kier alpha value is -1.49. The molecule has 2 atom stereocenters. The molecule has 1 rings (SSSR count). The highest BCUT2D eigenvalue weighted by Crippen LogP contribution is 2.38. The summed E-state index contributed by atoms with van der Waals surface area (Å²) in [4.78, 5) is 11.6. The van der Waals surface area contributed by atoms with Gasteiger partial charge in [0.2, 0.25) is 0 Å². The molecule has 1 aromatic carbocycles. The Bertz CT molecular complexity index is 408. The molecule has 1 aromatic rings. The third-order valence-electron chi connectivity index (χ3n) is 3.13. The van der Waals surface area contributed by atoms with E-state index < -0.39 is 23.9 Å². The SMILES string of the molecule is CCCC(O)(c1ccccc1)C(C(=O)OC)C(F)F. The van der Waals surface area contributed by atoms with Gasteiger partial charge in [0.05, 0.1) is 7.11 Å². The van der Waals surface area contributed by atoms with Gasteiger partial charge in [0.25, 0.3) is 6.43 Å². The molecule has 0 fully saturated rings. The van der Waals surface area contributed by atoms with Crippen LogP contribution in [-0.2, 0) is 15.1 Å². The van der Waals surface area contributed by atoms with Crippen LogP contribution in [0.2, 0.25) is 0 Å². The Kier molecular flexibility index (Phi) is 5.42. The van der Waals surface area contributed by atoms with E-state index in [1.165, 1.54) is 12.1 Å². The number of benzene rings is 1.